The number of hydrogen-bond acceptors (Lipinski definition) is 3. The fraction of sp³-hybridized carbons (Fsp3) is 0.200. The number of pyridine rings is 1. The Morgan fingerprint density at radius 1 is 1.46 bits per heavy atom. The zero-order chi connectivity index (χ0) is 9.68. The molecule has 1 heterocycles. The molecule has 0 aliphatic carbocycles. The molecule has 0 fully saturated rings. The van der Waals surface area contributed by atoms with Crippen LogP contribution in [0, 0.1) is 5.41 Å². The lowest BCUT2D eigenvalue weighted by Gasteiger charge is -2.07. The molecule has 0 spiro atoms. The van der Waals surface area contributed by atoms with E-state index in [9.17, 15) is 0 Å². The quantitative estimate of drug-likeness (QED) is 0.709. The summed E-state index contributed by atoms with van der Waals surface area (Å²) in [6, 6.07) is 5.66. The molecule has 0 atom stereocenters. The molecule has 1 aromatic rings. The second-order valence-electron chi connectivity index (χ2n) is 2.91. The summed E-state index contributed by atoms with van der Waals surface area (Å²) < 4.78 is 0. The van der Waals surface area contributed by atoms with Gasteiger partial charge in [0.2, 0.25) is 0 Å². The Morgan fingerprint density at radius 2 is 2.23 bits per heavy atom. The van der Waals surface area contributed by atoms with Crippen molar-refractivity contribution in [1.29, 1.82) is 5.41 Å². The van der Waals surface area contributed by atoms with Crippen LogP contribution in [0.15, 0.2) is 30.6 Å². The van der Waals surface area contributed by atoms with Gasteiger partial charge in [-0.15, -0.1) is 0 Å². The van der Waals surface area contributed by atoms with Gasteiger partial charge >= 0.3 is 0 Å². The molecule has 3 nitrogen and oxygen atoms in total. The van der Waals surface area contributed by atoms with Crippen molar-refractivity contribution in [2.24, 2.45) is 0 Å². The predicted octanol–water partition coefficient (Wildman–Crippen LogP) is 1.63. The molecule has 0 amide bonds. The van der Waals surface area contributed by atoms with Gasteiger partial charge in [-0.05, 0) is 12.1 Å². The third kappa shape index (κ3) is 2.71. The Morgan fingerprint density at radius 3 is 2.69 bits per heavy atom. The average Bonchev–Trinajstić information content (AvgIpc) is 2.15. The van der Waals surface area contributed by atoms with Crippen LogP contribution in [0.1, 0.15) is 5.69 Å². The summed E-state index contributed by atoms with van der Waals surface area (Å²) >= 11 is 0. The molecule has 0 unspecified atom stereocenters. The van der Waals surface area contributed by atoms with Crippen molar-refractivity contribution in [2.45, 2.75) is 0 Å². The van der Waals surface area contributed by atoms with Crippen molar-refractivity contribution in [3.63, 3.8) is 0 Å². The summed E-state index contributed by atoms with van der Waals surface area (Å²) in [5.41, 5.74) is 1.64. The molecule has 0 bridgehead atoms. The Balaban J connectivity index is 2.98. The number of nitrogens with zero attached hydrogens (tertiary/aromatic N) is 2. The molecule has 0 aliphatic rings. The lowest BCUT2D eigenvalue weighted by molar-refractivity contribution is 0.566. The normalized spacial score (nSPS) is 11.1. The molecular weight excluding hydrogens is 162 g/mol. The summed E-state index contributed by atoms with van der Waals surface area (Å²) in [5, 5.41) is 7.23. The molecule has 0 saturated heterocycles. The molecule has 1 N–H and O–H groups in total. The monoisotopic (exact) mass is 175 g/mol. The summed E-state index contributed by atoms with van der Waals surface area (Å²) in [6.45, 7) is 0. The van der Waals surface area contributed by atoms with Gasteiger partial charge in [-0.25, -0.2) is 0 Å². The van der Waals surface area contributed by atoms with E-state index in [1.54, 1.807) is 6.20 Å². The van der Waals surface area contributed by atoms with Crippen molar-refractivity contribution < 1.29 is 0 Å². The molecular formula is C10H13N3. The van der Waals surface area contributed by atoms with Gasteiger partial charge in [0.05, 0.1) is 5.69 Å². The highest BCUT2D eigenvalue weighted by molar-refractivity contribution is 6.07. The highest BCUT2D eigenvalue weighted by Crippen LogP contribution is 2.07. The Kier molecular flexibility index (Phi) is 3.20. The topological polar surface area (TPSA) is 40.0 Å². The summed E-state index contributed by atoms with van der Waals surface area (Å²) in [6.07, 6.45) is 4.90. The van der Waals surface area contributed by atoms with Crippen LogP contribution in [0.5, 0.6) is 0 Å². The summed E-state index contributed by atoms with van der Waals surface area (Å²) in [5.74, 6) is 0. The maximum atomic E-state index is 7.23. The van der Waals surface area contributed by atoms with Gasteiger partial charge in [0.15, 0.2) is 0 Å². The number of hydrogen-bond donors (Lipinski definition) is 1. The van der Waals surface area contributed by atoms with E-state index in [4.69, 9.17) is 5.41 Å². The van der Waals surface area contributed by atoms with E-state index in [2.05, 4.69) is 4.98 Å². The standard InChI is InChI=1S/C10H13N3/c1-13(2)8-9(7-11)10-5-3-4-6-12-10/h3-8,11H,1-2H3. The second kappa shape index (κ2) is 4.40. The minimum atomic E-state index is 0.811. The van der Waals surface area contributed by atoms with Crippen LogP contribution in [0.25, 0.3) is 5.57 Å². The second-order valence-corrected chi connectivity index (χ2v) is 2.91. The first-order chi connectivity index (χ1) is 6.24. The molecule has 1 rings (SSSR count). The SMILES string of the molecule is CN(C)C=C(C=N)c1ccccn1. The van der Waals surface area contributed by atoms with Crippen molar-refractivity contribution in [1.82, 2.24) is 9.88 Å². The number of allylic oxidation sites excluding steroid dienone is 1. The van der Waals surface area contributed by atoms with Crippen molar-refractivity contribution in [2.75, 3.05) is 14.1 Å². The minimum Gasteiger partial charge on any atom is -0.383 e. The molecule has 0 aromatic carbocycles. The van der Waals surface area contributed by atoms with Crippen LogP contribution in [-0.2, 0) is 0 Å². The molecule has 3 heteroatoms. The fourth-order valence-electron chi connectivity index (χ4n) is 0.989. The highest BCUT2D eigenvalue weighted by atomic mass is 15.0. The van der Waals surface area contributed by atoms with Gasteiger partial charge in [-0.1, -0.05) is 6.07 Å². The first kappa shape index (κ1) is 9.45. The Hall–Kier alpha value is -1.64. The zero-order valence-corrected chi connectivity index (χ0v) is 7.86. The fourth-order valence-corrected chi connectivity index (χ4v) is 0.989. The first-order valence-electron chi connectivity index (χ1n) is 4.04. The minimum absolute atomic E-state index is 0.811. The van der Waals surface area contributed by atoms with E-state index in [0.29, 0.717) is 0 Å². The predicted molar refractivity (Wildman–Crippen MR) is 54.7 cm³/mol. The van der Waals surface area contributed by atoms with E-state index >= 15 is 0 Å². The van der Waals surface area contributed by atoms with Crippen LogP contribution in [0.3, 0.4) is 0 Å². The Bertz CT molecular complexity index is 301. The third-order valence-corrected chi connectivity index (χ3v) is 1.51. The molecule has 1 aromatic heterocycles. The maximum Gasteiger partial charge on any atom is 0.0731 e. The van der Waals surface area contributed by atoms with Crippen molar-refractivity contribution in [3.05, 3.63) is 36.3 Å². The first-order valence-corrected chi connectivity index (χ1v) is 4.04. The lowest BCUT2D eigenvalue weighted by atomic mass is 10.2. The largest absolute Gasteiger partial charge is 0.383 e. The van der Waals surface area contributed by atoms with Crippen molar-refractivity contribution in [3.8, 4) is 0 Å². The van der Waals surface area contributed by atoms with Crippen LogP contribution in [-0.4, -0.2) is 30.2 Å². The molecule has 0 aliphatic heterocycles. The van der Waals surface area contributed by atoms with E-state index in [1.165, 1.54) is 6.21 Å². The van der Waals surface area contributed by atoms with E-state index in [1.807, 2.05) is 43.4 Å². The average molecular weight is 175 g/mol. The number of aromatic nitrogens is 1. The van der Waals surface area contributed by atoms with Gasteiger partial charge in [-0.3, -0.25) is 4.98 Å². The third-order valence-electron chi connectivity index (χ3n) is 1.51. The molecule has 0 saturated carbocycles. The van der Waals surface area contributed by atoms with E-state index in [-0.39, 0.29) is 0 Å². The van der Waals surface area contributed by atoms with Crippen LogP contribution in [0.4, 0.5) is 0 Å². The van der Waals surface area contributed by atoms with Crippen LogP contribution < -0.4 is 0 Å². The zero-order valence-electron chi connectivity index (χ0n) is 7.86. The van der Waals surface area contributed by atoms with Gasteiger partial charge in [0.1, 0.15) is 0 Å². The number of rotatable bonds is 3. The van der Waals surface area contributed by atoms with Gasteiger partial charge in [0.25, 0.3) is 0 Å². The Labute approximate surface area is 78.2 Å². The molecule has 68 valence electrons. The smallest absolute Gasteiger partial charge is 0.0731 e. The number of nitrogens with one attached hydrogen (secondary N) is 1. The van der Waals surface area contributed by atoms with Crippen LogP contribution in [0.2, 0.25) is 0 Å². The lowest BCUT2D eigenvalue weighted by Crippen LogP contribution is -2.03. The van der Waals surface area contributed by atoms with Crippen molar-refractivity contribution >= 4 is 11.8 Å². The van der Waals surface area contributed by atoms with Gasteiger partial charge in [0, 0.05) is 38.3 Å². The molecule has 0 radical (unpaired) electrons. The van der Waals surface area contributed by atoms with E-state index in [0.717, 1.165) is 11.3 Å². The van der Waals surface area contributed by atoms with E-state index < -0.39 is 0 Å². The van der Waals surface area contributed by atoms with Gasteiger partial charge < -0.3 is 10.3 Å². The molecule has 13 heavy (non-hydrogen) atoms. The highest BCUT2D eigenvalue weighted by Gasteiger charge is 1.98. The van der Waals surface area contributed by atoms with Gasteiger partial charge in [-0.2, -0.15) is 0 Å². The summed E-state index contributed by atoms with van der Waals surface area (Å²) in [7, 11) is 3.85. The van der Waals surface area contributed by atoms with Crippen LogP contribution >= 0.6 is 0 Å². The maximum absolute atomic E-state index is 7.23. The summed E-state index contributed by atoms with van der Waals surface area (Å²) in [4.78, 5) is 6.05.